The summed E-state index contributed by atoms with van der Waals surface area (Å²) >= 11 is 0. The number of carbonyl (C=O) groups excluding carboxylic acids is 1. The minimum atomic E-state index is -2.06. The van der Waals surface area contributed by atoms with Gasteiger partial charge in [0, 0.05) is 12.3 Å². The third-order valence-electron chi connectivity index (χ3n) is 4.83. The van der Waals surface area contributed by atoms with E-state index in [2.05, 4.69) is 0 Å². The van der Waals surface area contributed by atoms with Gasteiger partial charge in [-0.2, -0.15) is 0 Å². The molecule has 1 rings (SSSR count). The maximum atomic E-state index is 12.4. The molecule has 0 unspecified atom stereocenters. The number of aliphatic hydroxyl groups is 1. The largest absolute Gasteiger partial charge is 0.431 e. The van der Waals surface area contributed by atoms with E-state index in [0.29, 0.717) is 0 Å². The lowest BCUT2D eigenvalue weighted by Crippen LogP contribution is -2.67. The third-order valence-corrected chi connectivity index (χ3v) is 8.23. The fourth-order valence-electron chi connectivity index (χ4n) is 2.05. The molecular formula is C14H28O4Si. The second-order valence-electron chi connectivity index (χ2n) is 8.04. The van der Waals surface area contributed by atoms with Crippen LogP contribution in [0, 0.1) is 5.41 Å². The first-order valence-electron chi connectivity index (χ1n) is 6.74. The Bertz CT molecular complexity index is 391. The minimum absolute atomic E-state index is 0.365. The monoisotopic (exact) mass is 288 g/mol. The second-order valence-corrected chi connectivity index (χ2v) is 13.5. The highest BCUT2D eigenvalue weighted by atomic mass is 28.3. The van der Waals surface area contributed by atoms with Gasteiger partial charge in [-0.25, -0.2) is 4.79 Å². The Morgan fingerprint density at radius 3 is 1.79 bits per heavy atom. The van der Waals surface area contributed by atoms with Crippen LogP contribution in [0.3, 0.4) is 0 Å². The van der Waals surface area contributed by atoms with Crippen LogP contribution in [0.4, 0.5) is 0 Å². The maximum absolute atomic E-state index is 12.4. The minimum Gasteiger partial charge on any atom is -0.431 e. The summed E-state index contributed by atoms with van der Waals surface area (Å²) in [6.45, 7) is 17.0. The molecule has 112 valence electrons. The molecule has 0 aromatic carbocycles. The van der Waals surface area contributed by atoms with Crippen molar-refractivity contribution in [2.45, 2.75) is 77.8 Å². The summed E-state index contributed by atoms with van der Waals surface area (Å²) in [5.74, 6) is -1.50. The van der Waals surface area contributed by atoms with Crippen molar-refractivity contribution in [2.75, 3.05) is 0 Å². The van der Waals surface area contributed by atoms with Gasteiger partial charge < -0.3 is 14.6 Å². The fourth-order valence-corrected chi connectivity index (χ4v) is 3.63. The van der Waals surface area contributed by atoms with Crippen LogP contribution in [0.2, 0.25) is 19.6 Å². The number of rotatable bonds is 2. The van der Waals surface area contributed by atoms with Crippen molar-refractivity contribution in [3.05, 3.63) is 0 Å². The molecule has 3 atom stereocenters. The molecule has 4 nitrogen and oxygen atoms in total. The molecule has 19 heavy (non-hydrogen) atoms. The number of hydrogen-bond acceptors (Lipinski definition) is 4. The molecule has 0 aromatic rings. The summed E-state index contributed by atoms with van der Waals surface area (Å²) in [7, 11) is -2.06. The number of hydrogen-bond donors (Lipinski definition) is 1. The zero-order chi connectivity index (χ0) is 15.5. The zero-order valence-corrected chi connectivity index (χ0v) is 14.7. The zero-order valence-electron chi connectivity index (χ0n) is 13.7. The van der Waals surface area contributed by atoms with Crippen molar-refractivity contribution in [2.24, 2.45) is 5.41 Å². The van der Waals surface area contributed by atoms with Gasteiger partial charge in [0.25, 0.3) is 0 Å². The predicted octanol–water partition coefficient (Wildman–Crippen LogP) is 2.71. The molecule has 0 spiro atoms. The van der Waals surface area contributed by atoms with E-state index in [4.69, 9.17) is 9.47 Å². The number of esters is 1. The van der Waals surface area contributed by atoms with Gasteiger partial charge in [0.15, 0.2) is 5.60 Å². The Balaban J connectivity index is 3.27. The van der Waals surface area contributed by atoms with Crippen LogP contribution < -0.4 is 0 Å². The van der Waals surface area contributed by atoms with E-state index in [1.165, 1.54) is 0 Å². The topological polar surface area (TPSA) is 55.8 Å². The van der Waals surface area contributed by atoms with Gasteiger partial charge in [0.1, 0.15) is 0 Å². The lowest BCUT2D eigenvalue weighted by atomic mass is 9.86. The number of cyclic esters (lactones) is 1. The first kappa shape index (κ1) is 16.7. The Kier molecular flexibility index (Phi) is 3.56. The molecule has 1 N–H and O–H groups in total. The third kappa shape index (κ3) is 2.26. The van der Waals surface area contributed by atoms with Crippen LogP contribution in [0.25, 0.3) is 0 Å². The Morgan fingerprint density at radius 1 is 1.11 bits per heavy atom. The predicted molar refractivity (Wildman–Crippen MR) is 77.4 cm³/mol. The summed E-state index contributed by atoms with van der Waals surface area (Å²) in [5.41, 5.74) is -1.69. The van der Waals surface area contributed by atoms with Gasteiger partial charge in [-0.3, -0.25) is 0 Å². The van der Waals surface area contributed by atoms with Crippen LogP contribution in [-0.2, 0) is 14.3 Å². The smallest absolute Gasteiger partial charge is 0.343 e. The van der Waals surface area contributed by atoms with Gasteiger partial charge in [0.2, 0.25) is 5.79 Å². The highest BCUT2D eigenvalue weighted by Gasteiger charge is 2.67. The van der Waals surface area contributed by atoms with E-state index in [-0.39, 0.29) is 5.41 Å². The van der Waals surface area contributed by atoms with E-state index in [0.717, 1.165) is 0 Å². The highest BCUT2D eigenvalue weighted by molar-refractivity contribution is 6.79. The molecule has 0 bridgehead atoms. The van der Waals surface area contributed by atoms with Crippen molar-refractivity contribution < 1.29 is 19.4 Å². The van der Waals surface area contributed by atoms with Crippen molar-refractivity contribution in [1.29, 1.82) is 0 Å². The first-order chi connectivity index (χ1) is 8.08. The number of carbonyl (C=O) groups is 1. The molecule has 0 amide bonds. The van der Waals surface area contributed by atoms with E-state index >= 15 is 0 Å². The summed E-state index contributed by atoms with van der Waals surface area (Å²) < 4.78 is 11.5. The first-order valence-corrected chi connectivity index (χ1v) is 10.2. The van der Waals surface area contributed by atoms with Gasteiger partial charge in [-0.15, -0.1) is 0 Å². The molecule has 1 aliphatic rings. The highest BCUT2D eigenvalue weighted by Crippen LogP contribution is 2.49. The molecule has 1 fully saturated rings. The van der Waals surface area contributed by atoms with E-state index in [1.807, 2.05) is 40.4 Å². The normalized spacial score (nSPS) is 36.0. The second kappa shape index (κ2) is 4.05. The quantitative estimate of drug-likeness (QED) is 0.627. The molecular weight excluding hydrogens is 260 g/mol. The van der Waals surface area contributed by atoms with Crippen molar-refractivity contribution in [3.8, 4) is 0 Å². The summed E-state index contributed by atoms with van der Waals surface area (Å²) in [4.78, 5) is 12.4. The van der Waals surface area contributed by atoms with Gasteiger partial charge in [-0.05, 0) is 13.8 Å². The maximum Gasteiger partial charge on any atom is 0.343 e. The Morgan fingerprint density at radius 2 is 1.53 bits per heavy atom. The standard InChI is InChI=1S/C14H28O4Si/c1-11(2,3)14(6)17-10(15)12(4,18-14)13(5,16)19(7,8)9/h16H,1-9H3/t12-,13+,14+/m0/s1. The van der Waals surface area contributed by atoms with Crippen molar-refractivity contribution in [1.82, 2.24) is 0 Å². The lowest BCUT2D eigenvalue weighted by molar-refractivity contribution is -0.246. The Labute approximate surface area is 117 Å². The fraction of sp³-hybridized carbons (Fsp3) is 0.929. The summed E-state index contributed by atoms with van der Waals surface area (Å²) in [6.07, 6.45) is 0. The molecule has 1 saturated heterocycles. The van der Waals surface area contributed by atoms with Crippen LogP contribution in [0.5, 0.6) is 0 Å². The summed E-state index contributed by atoms with van der Waals surface area (Å²) in [5, 5.41) is 9.71. The average molecular weight is 288 g/mol. The van der Waals surface area contributed by atoms with Crippen LogP contribution >= 0.6 is 0 Å². The van der Waals surface area contributed by atoms with Crippen LogP contribution in [-0.4, -0.2) is 35.8 Å². The van der Waals surface area contributed by atoms with Gasteiger partial charge >= 0.3 is 5.97 Å². The van der Waals surface area contributed by atoms with Gasteiger partial charge in [0.05, 0.1) is 13.3 Å². The molecule has 0 saturated carbocycles. The molecule has 1 heterocycles. The van der Waals surface area contributed by atoms with Crippen molar-refractivity contribution >= 4 is 14.0 Å². The SMILES string of the molecule is CC(C)(C)[C@]1(C)OC(=O)[C@@](C)([C@](C)(O)[Si](C)(C)C)O1. The van der Waals surface area contributed by atoms with E-state index in [9.17, 15) is 9.90 Å². The van der Waals surface area contributed by atoms with Crippen LogP contribution in [0.1, 0.15) is 41.5 Å². The number of ether oxygens (including phenoxy) is 2. The molecule has 5 heteroatoms. The molecule has 1 aliphatic heterocycles. The van der Waals surface area contributed by atoms with E-state index < -0.39 is 30.7 Å². The molecule has 0 aromatic heterocycles. The van der Waals surface area contributed by atoms with Gasteiger partial charge in [-0.1, -0.05) is 40.4 Å². The van der Waals surface area contributed by atoms with E-state index in [1.54, 1.807) is 20.8 Å². The summed E-state index contributed by atoms with van der Waals surface area (Å²) in [6, 6.07) is 0. The average Bonchev–Trinajstić information content (AvgIpc) is 2.36. The lowest BCUT2D eigenvalue weighted by Gasteiger charge is -2.45. The van der Waals surface area contributed by atoms with Crippen molar-refractivity contribution in [3.63, 3.8) is 0 Å². The Hall–Kier alpha value is -0.393. The van der Waals surface area contributed by atoms with Crippen LogP contribution in [0.15, 0.2) is 0 Å². The molecule has 0 radical (unpaired) electrons. The molecule has 0 aliphatic carbocycles.